The summed E-state index contributed by atoms with van der Waals surface area (Å²) in [5.41, 5.74) is 0. The molecule has 1 heterocycles. The Hall–Kier alpha value is -1.16. The number of hydrogen-bond donors (Lipinski definition) is 0. The first-order chi connectivity index (χ1) is 14.7. The summed E-state index contributed by atoms with van der Waals surface area (Å²) < 4.78 is 11.0. The van der Waals surface area contributed by atoms with Crippen molar-refractivity contribution in [2.45, 2.75) is 114 Å². The first-order valence-electron chi connectivity index (χ1n) is 12.3. The van der Waals surface area contributed by atoms with Crippen molar-refractivity contribution in [3.63, 3.8) is 0 Å². The first kappa shape index (κ1) is 25.1. The third-order valence-corrected chi connectivity index (χ3v) is 7.29. The van der Waals surface area contributed by atoms with Gasteiger partial charge in [0.25, 0.3) is 0 Å². The fourth-order valence-electron chi connectivity index (χ4n) is 3.94. The van der Waals surface area contributed by atoms with Gasteiger partial charge in [0, 0.05) is 16.9 Å². The van der Waals surface area contributed by atoms with Crippen molar-refractivity contribution in [1.29, 1.82) is 0 Å². The number of unbranched alkanes of at least 4 members (excludes halogenated alkanes) is 9. The van der Waals surface area contributed by atoms with Crippen LogP contribution in [0.4, 0.5) is 0 Å². The molecule has 170 valence electrons. The van der Waals surface area contributed by atoms with Crippen molar-refractivity contribution >= 4 is 17.7 Å². The molecule has 0 amide bonds. The van der Waals surface area contributed by atoms with E-state index < -0.39 is 0 Å². The highest BCUT2D eigenvalue weighted by atomic mass is 32.2. The Morgan fingerprint density at radius 1 is 0.800 bits per heavy atom. The lowest BCUT2D eigenvalue weighted by molar-refractivity contribution is -0.134. The number of rotatable bonds is 18. The van der Waals surface area contributed by atoms with Crippen LogP contribution in [0.15, 0.2) is 24.3 Å². The van der Waals surface area contributed by atoms with Gasteiger partial charge in [-0.05, 0) is 38.3 Å². The Morgan fingerprint density at radius 3 is 2.00 bits per heavy atom. The molecule has 0 N–H and O–H groups in total. The van der Waals surface area contributed by atoms with Gasteiger partial charge in [0.2, 0.25) is 0 Å². The molecule has 0 radical (unpaired) electrons. The quantitative estimate of drug-likeness (QED) is 0.102. The number of ether oxygens (including phenoxy) is 2. The van der Waals surface area contributed by atoms with Crippen LogP contribution in [0, 0.1) is 0 Å². The molecule has 0 saturated carbocycles. The Balaban J connectivity index is 1.41. The SMILES string of the molecule is CCCCCCCCC1SC1CCCCCCCC(=O)Oc1ccccc1OCC. The van der Waals surface area contributed by atoms with E-state index >= 15 is 0 Å². The fraction of sp³-hybridized carbons (Fsp3) is 0.731. The minimum absolute atomic E-state index is 0.158. The number of carbonyl (C=O) groups is 1. The Morgan fingerprint density at radius 2 is 1.37 bits per heavy atom. The van der Waals surface area contributed by atoms with E-state index in [9.17, 15) is 4.79 Å². The van der Waals surface area contributed by atoms with E-state index in [1.54, 1.807) is 6.07 Å². The van der Waals surface area contributed by atoms with Crippen LogP contribution < -0.4 is 9.47 Å². The molecule has 1 aromatic rings. The van der Waals surface area contributed by atoms with Crippen LogP contribution in [-0.2, 0) is 4.79 Å². The number of carbonyl (C=O) groups excluding carboxylic acids is 1. The fourth-order valence-corrected chi connectivity index (χ4v) is 5.18. The molecule has 1 saturated heterocycles. The van der Waals surface area contributed by atoms with Crippen molar-refractivity contribution in [2.75, 3.05) is 6.61 Å². The van der Waals surface area contributed by atoms with Crippen LogP contribution in [0.2, 0.25) is 0 Å². The molecule has 0 spiro atoms. The molecule has 1 aliphatic rings. The van der Waals surface area contributed by atoms with Crippen molar-refractivity contribution in [2.24, 2.45) is 0 Å². The molecule has 1 aromatic carbocycles. The number of benzene rings is 1. The highest BCUT2D eigenvalue weighted by Crippen LogP contribution is 2.47. The number of hydrogen-bond acceptors (Lipinski definition) is 4. The smallest absolute Gasteiger partial charge is 0.311 e. The molecule has 4 heteroatoms. The third-order valence-electron chi connectivity index (χ3n) is 5.77. The minimum atomic E-state index is -0.158. The lowest BCUT2D eigenvalue weighted by Gasteiger charge is -2.10. The first-order valence-corrected chi connectivity index (χ1v) is 13.3. The molecule has 2 rings (SSSR count). The van der Waals surface area contributed by atoms with E-state index in [-0.39, 0.29) is 5.97 Å². The molecule has 2 unspecified atom stereocenters. The van der Waals surface area contributed by atoms with Crippen LogP contribution >= 0.6 is 11.8 Å². The standard InChI is InChI=1S/C26H42O3S/c1-3-5-6-7-9-12-19-24-25(30-24)20-13-10-8-11-14-21-26(27)29-23-18-16-15-17-22(23)28-4-2/h15-18,24-25H,3-14,19-21H2,1-2H3. The summed E-state index contributed by atoms with van der Waals surface area (Å²) in [6.45, 7) is 4.77. The van der Waals surface area contributed by atoms with Gasteiger partial charge in [-0.2, -0.15) is 11.8 Å². The molecule has 0 bridgehead atoms. The molecule has 1 aliphatic heterocycles. The summed E-state index contributed by atoms with van der Waals surface area (Å²) in [7, 11) is 0. The minimum Gasteiger partial charge on any atom is -0.490 e. The largest absolute Gasteiger partial charge is 0.490 e. The molecule has 30 heavy (non-hydrogen) atoms. The number of thioether (sulfide) groups is 1. The molecule has 1 fully saturated rings. The second-order valence-corrected chi connectivity index (χ2v) is 9.91. The second kappa shape index (κ2) is 15.6. The monoisotopic (exact) mass is 434 g/mol. The maximum atomic E-state index is 12.1. The zero-order chi connectivity index (χ0) is 21.4. The lowest BCUT2D eigenvalue weighted by atomic mass is 10.0. The maximum absolute atomic E-state index is 12.1. The summed E-state index contributed by atoms with van der Waals surface area (Å²) >= 11 is 2.21. The number of esters is 1. The Bertz CT molecular complexity index is 589. The van der Waals surface area contributed by atoms with E-state index in [2.05, 4.69) is 18.7 Å². The van der Waals surface area contributed by atoms with E-state index in [1.165, 1.54) is 70.6 Å². The van der Waals surface area contributed by atoms with Crippen molar-refractivity contribution in [3.05, 3.63) is 24.3 Å². The summed E-state index contributed by atoms with van der Waals surface area (Å²) in [5, 5.41) is 1.91. The maximum Gasteiger partial charge on any atom is 0.311 e. The molecular formula is C26H42O3S. The Labute approximate surface area is 188 Å². The summed E-state index contributed by atoms with van der Waals surface area (Å²) in [6.07, 6.45) is 17.7. The predicted octanol–water partition coefficient (Wildman–Crippen LogP) is 7.96. The van der Waals surface area contributed by atoms with Gasteiger partial charge in [0.15, 0.2) is 11.5 Å². The molecule has 0 aliphatic carbocycles. The van der Waals surface area contributed by atoms with E-state index in [0.29, 0.717) is 24.5 Å². The highest BCUT2D eigenvalue weighted by Gasteiger charge is 2.36. The van der Waals surface area contributed by atoms with Crippen molar-refractivity contribution in [3.8, 4) is 11.5 Å². The third kappa shape index (κ3) is 10.7. The van der Waals surface area contributed by atoms with Crippen LogP contribution in [0.1, 0.15) is 104 Å². The van der Waals surface area contributed by atoms with Gasteiger partial charge in [-0.3, -0.25) is 4.79 Å². The van der Waals surface area contributed by atoms with Gasteiger partial charge < -0.3 is 9.47 Å². The topological polar surface area (TPSA) is 35.5 Å². The lowest BCUT2D eigenvalue weighted by Crippen LogP contribution is -2.08. The molecule has 3 nitrogen and oxygen atoms in total. The molecular weight excluding hydrogens is 392 g/mol. The average molecular weight is 435 g/mol. The summed E-state index contributed by atoms with van der Waals surface area (Å²) in [6, 6.07) is 7.38. The predicted molar refractivity (Wildman–Crippen MR) is 129 cm³/mol. The van der Waals surface area contributed by atoms with Crippen LogP contribution in [-0.4, -0.2) is 23.1 Å². The molecule has 0 aromatic heterocycles. The van der Waals surface area contributed by atoms with Crippen molar-refractivity contribution < 1.29 is 14.3 Å². The van der Waals surface area contributed by atoms with E-state index in [0.717, 1.165) is 23.3 Å². The molecule has 2 atom stereocenters. The van der Waals surface area contributed by atoms with Gasteiger partial charge in [-0.1, -0.05) is 83.3 Å². The van der Waals surface area contributed by atoms with Gasteiger partial charge in [-0.25, -0.2) is 0 Å². The van der Waals surface area contributed by atoms with Gasteiger partial charge in [-0.15, -0.1) is 0 Å². The summed E-state index contributed by atoms with van der Waals surface area (Å²) in [5.74, 6) is 1.01. The van der Waals surface area contributed by atoms with Crippen LogP contribution in [0.5, 0.6) is 11.5 Å². The van der Waals surface area contributed by atoms with Crippen molar-refractivity contribution in [1.82, 2.24) is 0 Å². The number of para-hydroxylation sites is 2. The summed E-state index contributed by atoms with van der Waals surface area (Å²) in [4.78, 5) is 12.1. The van der Waals surface area contributed by atoms with Gasteiger partial charge >= 0.3 is 5.97 Å². The Kier molecular flexibility index (Phi) is 13.1. The normalized spacial score (nSPS) is 17.7. The van der Waals surface area contributed by atoms with E-state index in [1.807, 2.05) is 25.1 Å². The highest BCUT2D eigenvalue weighted by molar-refractivity contribution is 8.07. The zero-order valence-electron chi connectivity index (χ0n) is 19.2. The average Bonchev–Trinajstić information content (AvgIpc) is 3.49. The zero-order valence-corrected chi connectivity index (χ0v) is 20.0. The van der Waals surface area contributed by atoms with E-state index in [4.69, 9.17) is 9.47 Å². The second-order valence-electron chi connectivity index (χ2n) is 8.43. The van der Waals surface area contributed by atoms with Crippen LogP contribution in [0.25, 0.3) is 0 Å². The van der Waals surface area contributed by atoms with Crippen LogP contribution in [0.3, 0.4) is 0 Å². The van der Waals surface area contributed by atoms with Gasteiger partial charge in [0.1, 0.15) is 0 Å². The van der Waals surface area contributed by atoms with Gasteiger partial charge in [0.05, 0.1) is 6.61 Å².